The average molecular weight is 226 g/mol. The average Bonchev–Trinajstić information content (AvgIpc) is 2.30. The third-order valence-corrected chi connectivity index (χ3v) is 2.98. The highest BCUT2D eigenvalue weighted by molar-refractivity contribution is 7.81. The standard InChI is InChI=1S/C13H11BOS/c14-12-8-4-7-11(9-12)13(15,16)10-5-2-1-3-6-10/h1-9,15-16H. The van der Waals surface area contributed by atoms with E-state index in [-0.39, 0.29) is 0 Å². The van der Waals surface area contributed by atoms with Gasteiger partial charge in [-0.25, -0.2) is 0 Å². The van der Waals surface area contributed by atoms with E-state index in [9.17, 15) is 5.11 Å². The third kappa shape index (κ3) is 2.15. The van der Waals surface area contributed by atoms with Crippen LogP contribution < -0.4 is 5.46 Å². The molecule has 2 aromatic carbocycles. The Morgan fingerprint density at radius 2 is 1.56 bits per heavy atom. The summed E-state index contributed by atoms with van der Waals surface area (Å²) < 4.78 is 0. The van der Waals surface area contributed by atoms with Crippen molar-refractivity contribution in [3.63, 3.8) is 0 Å². The number of thiol groups is 1. The first-order valence-corrected chi connectivity index (χ1v) is 5.42. The predicted molar refractivity (Wildman–Crippen MR) is 70.3 cm³/mol. The van der Waals surface area contributed by atoms with Gasteiger partial charge in [0.05, 0.1) is 0 Å². The molecule has 1 atom stereocenters. The van der Waals surface area contributed by atoms with Gasteiger partial charge in [0.1, 0.15) is 7.85 Å². The van der Waals surface area contributed by atoms with Gasteiger partial charge >= 0.3 is 0 Å². The number of benzene rings is 2. The lowest BCUT2D eigenvalue weighted by molar-refractivity contribution is 0.184. The molecule has 2 radical (unpaired) electrons. The minimum atomic E-state index is -1.31. The zero-order valence-corrected chi connectivity index (χ0v) is 9.56. The number of rotatable bonds is 2. The fourth-order valence-electron chi connectivity index (χ4n) is 1.59. The predicted octanol–water partition coefficient (Wildman–Crippen LogP) is 1.60. The summed E-state index contributed by atoms with van der Waals surface area (Å²) in [5, 5.41) is 10.4. The van der Waals surface area contributed by atoms with E-state index < -0.39 is 4.93 Å². The summed E-state index contributed by atoms with van der Waals surface area (Å²) in [6.07, 6.45) is 0. The van der Waals surface area contributed by atoms with Gasteiger partial charge in [0, 0.05) is 0 Å². The van der Waals surface area contributed by atoms with Gasteiger partial charge in [-0.2, -0.15) is 0 Å². The van der Waals surface area contributed by atoms with E-state index in [4.69, 9.17) is 7.85 Å². The summed E-state index contributed by atoms with van der Waals surface area (Å²) in [4.78, 5) is -1.31. The molecular formula is C13H11BOS. The molecule has 0 spiro atoms. The molecule has 2 rings (SSSR count). The maximum atomic E-state index is 10.4. The lowest BCUT2D eigenvalue weighted by Crippen LogP contribution is -2.21. The van der Waals surface area contributed by atoms with Gasteiger partial charge in [0.2, 0.25) is 0 Å². The second kappa shape index (κ2) is 4.36. The molecule has 2 aromatic rings. The van der Waals surface area contributed by atoms with Crippen LogP contribution in [0.1, 0.15) is 11.1 Å². The lowest BCUT2D eigenvalue weighted by Gasteiger charge is -2.23. The first-order chi connectivity index (χ1) is 7.60. The quantitative estimate of drug-likeness (QED) is 0.452. The normalized spacial score (nSPS) is 14.4. The molecule has 0 aliphatic heterocycles. The smallest absolute Gasteiger partial charge is 0.159 e. The molecule has 0 fully saturated rings. The first-order valence-electron chi connectivity index (χ1n) is 4.97. The largest absolute Gasteiger partial charge is 0.371 e. The van der Waals surface area contributed by atoms with Crippen molar-refractivity contribution in [3.8, 4) is 0 Å². The summed E-state index contributed by atoms with van der Waals surface area (Å²) in [6.45, 7) is 0. The van der Waals surface area contributed by atoms with E-state index in [0.29, 0.717) is 11.0 Å². The van der Waals surface area contributed by atoms with Crippen molar-refractivity contribution in [2.45, 2.75) is 4.93 Å². The fraction of sp³-hybridized carbons (Fsp3) is 0.0769. The van der Waals surface area contributed by atoms with Crippen LogP contribution in [0, 0.1) is 0 Å². The molecule has 0 aliphatic rings. The van der Waals surface area contributed by atoms with Crippen LogP contribution in [0.5, 0.6) is 0 Å². The zero-order chi connectivity index (χ0) is 11.6. The minimum Gasteiger partial charge on any atom is -0.371 e. The Bertz CT molecular complexity index is 482. The van der Waals surface area contributed by atoms with Gasteiger partial charge in [0.25, 0.3) is 0 Å². The van der Waals surface area contributed by atoms with E-state index in [1.54, 1.807) is 24.3 Å². The summed E-state index contributed by atoms with van der Waals surface area (Å²) in [7, 11) is 5.69. The molecule has 78 valence electrons. The van der Waals surface area contributed by atoms with E-state index in [0.717, 1.165) is 5.56 Å². The maximum absolute atomic E-state index is 10.4. The molecule has 0 amide bonds. The molecule has 0 aliphatic carbocycles. The van der Waals surface area contributed by atoms with Gasteiger partial charge in [-0.15, -0.1) is 12.6 Å². The van der Waals surface area contributed by atoms with E-state index in [1.165, 1.54) is 0 Å². The van der Waals surface area contributed by atoms with Crippen molar-refractivity contribution >= 4 is 25.9 Å². The maximum Gasteiger partial charge on any atom is 0.159 e. The van der Waals surface area contributed by atoms with E-state index >= 15 is 0 Å². The lowest BCUT2D eigenvalue weighted by atomic mass is 9.91. The SMILES string of the molecule is [B]c1cccc(C(O)(S)c2ccccc2)c1. The van der Waals surface area contributed by atoms with Crippen LogP contribution in [0.3, 0.4) is 0 Å². The molecule has 3 heteroatoms. The molecular weight excluding hydrogens is 215 g/mol. The van der Waals surface area contributed by atoms with Crippen molar-refractivity contribution in [3.05, 3.63) is 65.7 Å². The minimum absolute atomic E-state index is 0.612. The Morgan fingerprint density at radius 3 is 2.19 bits per heavy atom. The van der Waals surface area contributed by atoms with Gasteiger partial charge in [-0.05, 0) is 11.1 Å². The molecule has 0 bridgehead atoms. The van der Waals surface area contributed by atoms with E-state index in [1.807, 2.05) is 30.3 Å². The summed E-state index contributed by atoms with van der Waals surface area (Å²) in [5.74, 6) is 0. The van der Waals surface area contributed by atoms with E-state index in [2.05, 4.69) is 12.6 Å². The van der Waals surface area contributed by atoms with Gasteiger partial charge in [0.15, 0.2) is 4.93 Å². The molecule has 1 nitrogen and oxygen atoms in total. The van der Waals surface area contributed by atoms with Crippen molar-refractivity contribution in [1.82, 2.24) is 0 Å². The van der Waals surface area contributed by atoms with Crippen molar-refractivity contribution in [2.24, 2.45) is 0 Å². The summed E-state index contributed by atoms with van der Waals surface area (Å²) >= 11 is 4.31. The Labute approximate surface area is 102 Å². The Hall–Kier alpha value is -1.19. The highest BCUT2D eigenvalue weighted by Gasteiger charge is 2.26. The summed E-state index contributed by atoms with van der Waals surface area (Å²) in [6, 6.07) is 16.4. The highest BCUT2D eigenvalue weighted by atomic mass is 32.1. The Morgan fingerprint density at radius 1 is 0.938 bits per heavy atom. The second-order valence-corrected chi connectivity index (χ2v) is 4.31. The van der Waals surface area contributed by atoms with Crippen molar-refractivity contribution in [2.75, 3.05) is 0 Å². The number of aliphatic hydroxyl groups is 1. The second-order valence-electron chi connectivity index (χ2n) is 3.66. The van der Waals surface area contributed by atoms with Crippen LogP contribution in [0.2, 0.25) is 0 Å². The molecule has 0 heterocycles. The molecule has 0 saturated heterocycles. The van der Waals surface area contributed by atoms with Crippen LogP contribution >= 0.6 is 12.6 Å². The number of hydrogen-bond donors (Lipinski definition) is 2. The van der Waals surface area contributed by atoms with Crippen molar-refractivity contribution in [1.29, 1.82) is 0 Å². The Balaban J connectivity index is 2.47. The zero-order valence-electron chi connectivity index (χ0n) is 8.67. The molecule has 1 N–H and O–H groups in total. The topological polar surface area (TPSA) is 20.2 Å². The monoisotopic (exact) mass is 226 g/mol. The van der Waals surface area contributed by atoms with Crippen LogP contribution in [0.4, 0.5) is 0 Å². The first kappa shape index (κ1) is 11.3. The van der Waals surface area contributed by atoms with Gasteiger partial charge in [-0.3, -0.25) is 0 Å². The summed E-state index contributed by atoms with van der Waals surface area (Å²) in [5.41, 5.74) is 2.01. The molecule has 0 saturated carbocycles. The third-order valence-electron chi connectivity index (χ3n) is 2.47. The highest BCUT2D eigenvalue weighted by Crippen LogP contribution is 2.32. The van der Waals surface area contributed by atoms with Crippen molar-refractivity contribution < 1.29 is 5.11 Å². The van der Waals surface area contributed by atoms with Crippen LogP contribution in [0.25, 0.3) is 0 Å². The fourth-order valence-corrected chi connectivity index (χ4v) is 1.88. The van der Waals surface area contributed by atoms with Gasteiger partial charge in [-0.1, -0.05) is 60.1 Å². The van der Waals surface area contributed by atoms with Crippen LogP contribution in [0.15, 0.2) is 54.6 Å². The molecule has 1 unspecified atom stereocenters. The van der Waals surface area contributed by atoms with Crippen LogP contribution in [-0.2, 0) is 4.93 Å². The molecule has 16 heavy (non-hydrogen) atoms. The number of hydrogen-bond acceptors (Lipinski definition) is 2. The van der Waals surface area contributed by atoms with Crippen LogP contribution in [-0.4, -0.2) is 13.0 Å². The molecule has 0 aromatic heterocycles. The van der Waals surface area contributed by atoms with Gasteiger partial charge < -0.3 is 5.11 Å². The Kier molecular flexibility index (Phi) is 3.08.